The van der Waals surface area contributed by atoms with E-state index in [1.807, 2.05) is 42.5 Å². The van der Waals surface area contributed by atoms with E-state index in [0.717, 1.165) is 48.0 Å². The molecule has 0 spiro atoms. The Bertz CT molecular complexity index is 1060. The van der Waals surface area contributed by atoms with E-state index >= 15 is 0 Å². The zero-order valence-corrected chi connectivity index (χ0v) is 18.6. The first-order chi connectivity index (χ1) is 15.6. The van der Waals surface area contributed by atoms with Crippen molar-refractivity contribution in [2.24, 2.45) is 5.92 Å². The number of nitrogens with one attached hydrogen (secondary N) is 1. The van der Waals surface area contributed by atoms with E-state index in [4.69, 9.17) is 4.74 Å². The molecule has 1 saturated heterocycles. The molecule has 0 unspecified atom stereocenters. The number of benzene rings is 2. The number of methoxy groups -OCH3 is 1. The Morgan fingerprint density at radius 2 is 1.94 bits per heavy atom. The van der Waals surface area contributed by atoms with Crippen LogP contribution < -0.4 is 15.0 Å². The van der Waals surface area contributed by atoms with E-state index in [2.05, 4.69) is 20.4 Å². The van der Waals surface area contributed by atoms with E-state index in [9.17, 15) is 9.18 Å². The lowest BCUT2D eigenvalue weighted by Gasteiger charge is -2.31. The normalized spacial score (nSPS) is 14.2. The molecule has 1 amide bonds. The van der Waals surface area contributed by atoms with Crippen molar-refractivity contribution in [1.82, 2.24) is 15.5 Å². The van der Waals surface area contributed by atoms with Gasteiger partial charge in [-0.05, 0) is 60.9 Å². The van der Waals surface area contributed by atoms with Gasteiger partial charge in [0.25, 0.3) is 0 Å². The number of rotatable bonds is 7. The van der Waals surface area contributed by atoms with E-state index < -0.39 is 0 Å². The molecule has 0 saturated carbocycles. The number of amides is 1. The van der Waals surface area contributed by atoms with Gasteiger partial charge in [0.15, 0.2) is 5.82 Å². The fourth-order valence-electron chi connectivity index (χ4n) is 3.67. The van der Waals surface area contributed by atoms with Crippen molar-refractivity contribution in [3.63, 3.8) is 0 Å². The van der Waals surface area contributed by atoms with Crippen LogP contribution in [0.15, 0.2) is 70.6 Å². The second-order valence-electron chi connectivity index (χ2n) is 7.62. The van der Waals surface area contributed by atoms with Gasteiger partial charge in [-0.3, -0.25) is 4.79 Å². The lowest BCUT2D eigenvalue weighted by Crippen LogP contribution is -2.40. The topological polar surface area (TPSA) is 67.3 Å². The Morgan fingerprint density at radius 1 is 1.12 bits per heavy atom. The first-order valence-electron chi connectivity index (χ1n) is 10.5. The van der Waals surface area contributed by atoms with Gasteiger partial charge < -0.3 is 15.0 Å². The number of anilines is 1. The summed E-state index contributed by atoms with van der Waals surface area (Å²) in [6.45, 7) is 2.00. The fraction of sp³-hybridized carbons (Fsp3) is 0.292. The largest absolute Gasteiger partial charge is 0.497 e. The Hall–Kier alpha value is -3.13. The van der Waals surface area contributed by atoms with Crippen molar-refractivity contribution >= 4 is 23.5 Å². The van der Waals surface area contributed by atoms with E-state index in [0.29, 0.717) is 11.6 Å². The summed E-state index contributed by atoms with van der Waals surface area (Å²) >= 11 is 1.37. The second kappa shape index (κ2) is 10.5. The number of piperidine rings is 1. The first kappa shape index (κ1) is 22.1. The lowest BCUT2D eigenvalue weighted by atomic mass is 9.96. The summed E-state index contributed by atoms with van der Waals surface area (Å²) in [5, 5.41) is 12.4. The van der Waals surface area contributed by atoms with Gasteiger partial charge >= 0.3 is 0 Å². The highest BCUT2D eigenvalue weighted by Crippen LogP contribution is 2.28. The molecule has 2 aromatic carbocycles. The molecule has 1 aliphatic rings. The minimum Gasteiger partial charge on any atom is -0.497 e. The molecule has 1 fully saturated rings. The van der Waals surface area contributed by atoms with Crippen LogP contribution >= 0.6 is 11.8 Å². The summed E-state index contributed by atoms with van der Waals surface area (Å²) in [5.41, 5.74) is 1.02. The molecule has 0 bridgehead atoms. The van der Waals surface area contributed by atoms with Crippen molar-refractivity contribution in [3.05, 3.63) is 72.0 Å². The Labute approximate surface area is 191 Å². The predicted molar refractivity (Wildman–Crippen MR) is 122 cm³/mol. The van der Waals surface area contributed by atoms with Gasteiger partial charge in [-0.2, -0.15) is 0 Å². The van der Waals surface area contributed by atoms with Crippen LogP contribution in [0.25, 0.3) is 0 Å². The third kappa shape index (κ3) is 5.76. The number of nitrogens with zero attached hydrogens (tertiary/aromatic N) is 3. The standard InChI is InChI=1S/C24H25FN4O2S/c1-31-20-6-2-4-17(14-20)16-26-24(30)18-10-12-29(13-11-18)22-8-9-23(28-27-22)32-21-7-3-5-19(25)15-21/h2-9,14-15,18H,10-13,16H2,1H3,(H,26,30). The number of carbonyl (C=O) groups is 1. The van der Waals surface area contributed by atoms with Crippen LogP contribution in [0.5, 0.6) is 5.75 Å². The molecule has 2 heterocycles. The molecule has 6 nitrogen and oxygen atoms in total. The Balaban J connectivity index is 1.26. The summed E-state index contributed by atoms with van der Waals surface area (Å²) in [7, 11) is 1.63. The fourth-order valence-corrected chi connectivity index (χ4v) is 4.45. The third-order valence-corrected chi connectivity index (χ3v) is 6.35. The summed E-state index contributed by atoms with van der Waals surface area (Å²) in [5.74, 6) is 1.39. The van der Waals surface area contributed by atoms with E-state index in [-0.39, 0.29) is 17.6 Å². The van der Waals surface area contributed by atoms with Crippen LogP contribution in [0.4, 0.5) is 10.2 Å². The molecule has 0 aliphatic carbocycles. The van der Waals surface area contributed by atoms with E-state index in [1.54, 1.807) is 13.2 Å². The second-order valence-corrected chi connectivity index (χ2v) is 8.71. The van der Waals surface area contributed by atoms with Gasteiger partial charge in [0.05, 0.1) is 7.11 Å². The predicted octanol–water partition coefficient (Wildman–Crippen LogP) is 4.31. The average molecular weight is 453 g/mol. The lowest BCUT2D eigenvalue weighted by molar-refractivity contribution is -0.125. The van der Waals surface area contributed by atoms with Gasteiger partial charge in [-0.25, -0.2) is 4.39 Å². The van der Waals surface area contributed by atoms with Crippen LogP contribution in [0.3, 0.4) is 0 Å². The minimum absolute atomic E-state index is 0.00683. The molecule has 4 rings (SSSR count). The van der Waals surface area contributed by atoms with Gasteiger partial charge in [0, 0.05) is 30.4 Å². The number of halogens is 1. The highest BCUT2D eigenvalue weighted by atomic mass is 32.2. The number of carbonyl (C=O) groups excluding carboxylic acids is 1. The van der Waals surface area contributed by atoms with Crippen molar-refractivity contribution in [2.45, 2.75) is 29.3 Å². The van der Waals surface area contributed by atoms with Crippen molar-refractivity contribution in [1.29, 1.82) is 0 Å². The van der Waals surface area contributed by atoms with Crippen LogP contribution in [0.2, 0.25) is 0 Å². The van der Waals surface area contributed by atoms with Gasteiger partial charge in [0.2, 0.25) is 5.91 Å². The molecule has 8 heteroatoms. The zero-order valence-electron chi connectivity index (χ0n) is 17.8. The van der Waals surface area contributed by atoms with Crippen LogP contribution in [-0.4, -0.2) is 36.3 Å². The number of ether oxygens (including phenoxy) is 1. The highest BCUT2D eigenvalue weighted by Gasteiger charge is 2.25. The minimum atomic E-state index is -0.269. The molecular formula is C24H25FN4O2S. The van der Waals surface area contributed by atoms with Crippen molar-refractivity contribution in [3.8, 4) is 5.75 Å². The molecular weight excluding hydrogens is 427 g/mol. The molecule has 166 valence electrons. The number of aromatic nitrogens is 2. The van der Waals surface area contributed by atoms with Gasteiger partial charge in [-0.15, -0.1) is 10.2 Å². The molecule has 1 aliphatic heterocycles. The summed E-state index contributed by atoms with van der Waals surface area (Å²) in [4.78, 5) is 15.5. The highest BCUT2D eigenvalue weighted by molar-refractivity contribution is 7.99. The molecule has 1 N–H and O–H groups in total. The SMILES string of the molecule is COc1cccc(CNC(=O)C2CCN(c3ccc(Sc4cccc(F)c4)nn3)CC2)c1. The van der Waals surface area contributed by atoms with Crippen LogP contribution in [0.1, 0.15) is 18.4 Å². The molecule has 1 aromatic heterocycles. The monoisotopic (exact) mass is 452 g/mol. The maximum atomic E-state index is 13.3. The summed E-state index contributed by atoms with van der Waals surface area (Å²) in [6.07, 6.45) is 1.54. The third-order valence-electron chi connectivity index (χ3n) is 5.44. The summed E-state index contributed by atoms with van der Waals surface area (Å²) in [6, 6.07) is 17.9. The van der Waals surface area contributed by atoms with E-state index in [1.165, 1.54) is 23.9 Å². The van der Waals surface area contributed by atoms with Crippen molar-refractivity contribution < 1.29 is 13.9 Å². The number of hydrogen-bond donors (Lipinski definition) is 1. The first-order valence-corrected chi connectivity index (χ1v) is 11.3. The quantitative estimate of drug-likeness (QED) is 0.576. The molecule has 32 heavy (non-hydrogen) atoms. The maximum Gasteiger partial charge on any atom is 0.223 e. The van der Waals surface area contributed by atoms with Crippen LogP contribution in [0, 0.1) is 11.7 Å². The zero-order chi connectivity index (χ0) is 22.3. The Morgan fingerprint density at radius 3 is 2.66 bits per heavy atom. The molecule has 0 atom stereocenters. The average Bonchev–Trinajstić information content (AvgIpc) is 2.83. The summed E-state index contributed by atoms with van der Waals surface area (Å²) < 4.78 is 18.6. The van der Waals surface area contributed by atoms with Gasteiger partial charge in [0.1, 0.15) is 16.6 Å². The van der Waals surface area contributed by atoms with Crippen LogP contribution in [-0.2, 0) is 11.3 Å². The smallest absolute Gasteiger partial charge is 0.223 e. The maximum absolute atomic E-state index is 13.3. The molecule has 0 radical (unpaired) electrons. The van der Waals surface area contributed by atoms with Crippen molar-refractivity contribution in [2.75, 3.05) is 25.1 Å². The van der Waals surface area contributed by atoms with Gasteiger partial charge in [-0.1, -0.05) is 30.0 Å². The number of hydrogen-bond acceptors (Lipinski definition) is 6. The Kier molecular flexibility index (Phi) is 7.21. The molecule has 3 aromatic rings.